The van der Waals surface area contributed by atoms with Crippen molar-refractivity contribution >= 4 is 24.0 Å². The van der Waals surface area contributed by atoms with Crippen LogP contribution in [0.4, 0.5) is 4.79 Å². The first-order chi connectivity index (χ1) is 14.4. The fourth-order valence-corrected chi connectivity index (χ4v) is 2.96. The van der Waals surface area contributed by atoms with Crippen molar-refractivity contribution in [2.24, 2.45) is 0 Å². The maximum Gasteiger partial charge on any atom is 0.408 e. The zero-order valence-corrected chi connectivity index (χ0v) is 19.3. The van der Waals surface area contributed by atoms with Crippen LogP contribution in [0.5, 0.6) is 0 Å². The van der Waals surface area contributed by atoms with E-state index >= 15 is 0 Å². The van der Waals surface area contributed by atoms with Crippen molar-refractivity contribution in [3.05, 3.63) is 42.0 Å². The van der Waals surface area contributed by atoms with Crippen LogP contribution in [0.1, 0.15) is 58.7 Å². The number of alkyl carbamates (subject to hydrolysis) is 1. The highest BCUT2D eigenvalue weighted by molar-refractivity contribution is 5.92. The summed E-state index contributed by atoms with van der Waals surface area (Å²) < 4.78 is 5.21. The van der Waals surface area contributed by atoms with Crippen LogP contribution in [0.3, 0.4) is 0 Å². The Hall–Kier alpha value is -2.87. The molecule has 0 fully saturated rings. The summed E-state index contributed by atoms with van der Waals surface area (Å²) in [5, 5.41) is 14.9. The van der Waals surface area contributed by atoms with Gasteiger partial charge in [0, 0.05) is 12.6 Å². The quantitative estimate of drug-likeness (QED) is 0.555. The number of aliphatic hydroxyl groups is 1. The summed E-state index contributed by atoms with van der Waals surface area (Å²) >= 11 is 0. The van der Waals surface area contributed by atoms with Gasteiger partial charge in [-0.2, -0.15) is 0 Å². The SMILES string of the molecule is C=Cc1cccc(C(C(=O)NC(C)C)N(CCO)C(=O)C(C)NC(=O)OC(C)(C)C)c1. The van der Waals surface area contributed by atoms with Gasteiger partial charge >= 0.3 is 6.09 Å². The zero-order valence-electron chi connectivity index (χ0n) is 19.3. The summed E-state index contributed by atoms with van der Waals surface area (Å²) in [7, 11) is 0. The van der Waals surface area contributed by atoms with Gasteiger partial charge < -0.3 is 25.4 Å². The summed E-state index contributed by atoms with van der Waals surface area (Å²) in [5.74, 6) is -0.907. The molecule has 0 saturated carbocycles. The average molecular weight is 434 g/mol. The van der Waals surface area contributed by atoms with Crippen molar-refractivity contribution in [1.29, 1.82) is 0 Å². The van der Waals surface area contributed by atoms with E-state index < -0.39 is 29.7 Å². The molecule has 0 bridgehead atoms. The molecule has 0 aliphatic rings. The molecule has 0 aliphatic carbocycles. The van der Waals surface area contributed by atoms with Crippen LogP contribution < -0.4 is 10.6 Å². The van der Waals surface area contributed by atoms with Gasteiger partial charge in [0.25, 0.3) is 0 Å². The van der Waals surface area contributed by atoms with Crippen LogP contribution >= 0.6 is 0 Å². The number of amides is 3. The number of carbonyl (C=O) groups excluding carboxylic acids is 3. The van der Waals surface area contributed by atoms with E-state index in [0.29, 0.717) is 5.56 Å². The molecular weight excluding hydrogens is 398 g/mol. The molecule has 1 rings (SSSR count). The van der Waals surface area contributed by atoms with E-state index in [1.807, 2.05) is 19.9 Å². The van der Waals surface area contributed by atoms with Gasteiger partial charge in [-0.1, -0.05) is 30.9 Å². The minimum absolute atomic E-state index is 0.0896. The van der Waals surface area contributed by atoms with Crippen molar-refractivity contribution in [1.82, 2.24) is 15.5 Å². The van der Waals surface area contributed by atoms with Crippen LogP contribution in [0.15, 0.2) is 30.8 Å². The first-order valence-electron chi connectivity index (χ1n) is 10.3. The van der Waals surface area contributed by atoms with Gasteiger partial charge in [0.2, 0.25) is 11.8 Å². The van der Waals surface area contributed by atoms with Gasteiger partial charge in [-0.15, -0.1) is 0 Å². The largest absolute Gasteiger partial charge is 0.444 e. The van der Waals surface area contributed by atoms with E-state index in [1.165, 1.54) is 11.8 Å². The lowest BCUT2D eigenvalue weighted by molar-refractivity contribution is -0.143. The summed E-state index contributed by atoms with van der Waals surface area (Å²) in [5.41, 5.74) is 0.639. The van der Waals surface area contributed by atoms with E-state index in [1.54, 1.807) is 45.0 Å². The Bertz CT molecular complexity index is 786. The number of aliphatic hydroxyl groups excluding tert-OH is 1. The molecule has 31 heavy (non-hydrogen) atoms. The second kappa shape index (κ2) is 11.5. The van der Waals surface area contributed by atoms with Gasteiger partial charge in [-0.05, 0) is 58.7 Å². The lowest BCUT2D eigenvalue weighted by Gasteiger charge is -2.33. The highest BCUT2D eigenvalue weighted by Crippen LogP contribution is 2.24. The topological polar surface area (TPSA) is 108 Å². The molecule has 2 atom stereocenters. The highest BCUT2D eigenvalue weighted by atomic mass is 16.6. The summed E-state index contributed by atoms with van der Waals surface area (Å²) in [4.78, 5) is 39.7. The molecule has 0 spiro atoms. The number of nitrogens with one attached hydrogen (secondary N) is 2. The third-order valence-electron chi connectivity index (χ3n) is 4.18. The van der Waals surface area contributed by atoms with Crippen molar-refractivity contribution < 1.29 is 24.2 Å². The number of rotatable bonds is 9. The number of nitrogens with zero attached hydrogens (tertiary/aromatic N) is 1. The molecule has 0 heterocycles. The van der Waals surface area contributed by atoms with E-state index in [-0.39, 0.29) is 25.1 Å². The standard InChI is InChI=1S/C23H35N3O5/c1-8-17-10-9-11-18(14-17)19(20(28)24-15(2)3)26(12-13-27)21(29)16(4)25-22(30)31-23(5,6)7/h8-11,14-16,19,27H,1,12-13H2,2-7H3,(H,24,28)(H,25,30). The Labute approximate surface area is 184 Å². The molecule has 3 amide bonds. The molecular formula is C23H35N3O5. The fraction of sp³-hybridized carbons (Fsp3) is 0.522. The summed E-state index contributed by atoms with van der Waals surface area (Å²) in [6.45, 7) is 13.6. The summed E-state index contributed by atoms with van der Waals surface area (Å²) in [6, 6.07) is 4.98. The molecule has 1 aromatic rings. The molecule has 2 unspecified atom stereocenters. The number of benzene rings is 1. The minimum atomic E-state index is -0.996. The second-order valence-corrected chi connectivity index (χ2v) is 8.56. The van der Waals surface area contributed by atoms with Crippen LogP contribution in [0.25, 0.3) is 6.08 Å². The first-order valence-corrected chi connectivity index (χ1v) is 10.3. The van der Waals surface area contributed by atoms with Crippen LogP contribution in [-0.2, 0) is 14.3 Å². The second-order valence-electron chi connectivity index (χ2n) is 8.56. The highest BCUT2D eigenvalue weighted by Gasteiger charge is 2.34. The van der Waals surface area contributed by atoms with Crippen LogP contribution in [0, 0.1) is 0 Å². The number of ether oxygens (including phenoxy) is 1. The lowest BCUT2D eigenvalue weighted by atomic mass is 10.0. The van der Waals surface area contributed by atoms with E-state index in [4.69, 9.17) is 4.74 Å². The number of hydrogen-bond donors (Lipinski definition) is 3. The lowest BCUT2D eigenvalue weighted by Crippen LogP contribution is -2.53. The van der Waals surface area contributed by atoms with E-state index in [0.717, 1.165) is 5.56 Å². The minimum Gasteiger partial charge on any atom is -0.444 e. The van der Waals surface area contributed by atoms with Crippen molar-refractivity contribution in [2.75, 3.05) is 13.2 Å². The van der Waals surface area contributed by atoms with Gasteiger partial charge in [0.1, 0.15) is 17.7 Å². The predicted molar refractivity (Wildman–Crippen MR) is 120 cm³/mol. The van der Waals surface area contributed by atoms with E-state index in [2.05, 4.69) is 17.2 Å². The Morgan fingerprint density at radius 3 is 2.35 bits per heavy atom. The van der Waals surface area contributed by atoms with Gasteiger partial charge in [0.15, 0.2) is 0 Å². The predicted octanol–water partition coefficient (Wildman–Crippen LogP) is 2.63. The van der Waals surface area contributed by atoms with Crippen LogP contribution in [-0.4, -0.2) is 58.8 Å². The Balaban J connectivity index is 3.27. The normalized spacial score (nSPS) is 13.2. The third-order valence-corrected chi connectivity index (χ3v) is 4.18. The summed E-state index contributed by atoms with van der Waals surface area (Å²) in [6.07, 6.45) is 0.903. The zero-order chi connectivity index (χ0) is 23.8. The molecule has 0 radical (unpaired) electrons. The Morgan fingerprint density at radius 2 is 1.84 bits per heavy atom. The molecule has 0 saturated heterocycles. The van der Waals surface area contributed by atoms with Gasteiger partial charge in [-0.3, -0.25) is 9.59 Å². The molecule has 3 N–H and O–H groups in total. The third kappa shape index (κ3) is 8.41. The van der Waals surface area contributed by atoms with E-state index in [9.17, 15) is 19.5 Å². The first kappa shape index (κ1) is 26.2. The van der Waals surface area contributed by atoms with Crippen molar-refractivity contribution in [3.63, 3.8) is 0 Å². The number of carbonyl (C=O) groups is 3. The molecule has 1 aromatic carbocycles. The van der Waals surface area contributed by atoms with Crippen molar-refractivity contribution in [3.8, 4) is 0 Å². The fourth-order valence-electron chi connectivity index (χ4n) is 2.96. The van der Waals surface area contributed by atoms with Gasteiger partial charge in [-0.25, -0.2) is 4.79 Å². The number of hydrogen-bond acceptors (Lipinski definition) is 5. The molecule has 0 aliphatic heterocycles. The monoisotopic (exact) mass is 433 g/mol. The average Bonchev–Trinajstić information content (AvgIpc) is 2.65. The molecule has 172 valence electrons. The molecule has 0 aromatic heterocycles. The maximum absolute atomic E-state index is 13.2. The molecule has 8 nitrogen and oxygen atoms in total. The smallest absolute Gasteiger partial charge is 0.408 e. The molecule has 8 heteroatoms. The van der Waals surface area contributed by atoms with Gasteiger partial charge in [0.05, 0.1) is 6.61 Å². The van der Waals surface area contributed by atoms with Crippen LogP contribution in [0.2, 0.25) is 0 Å². The Kier molecular flexibility index (Phi) is 9.71. The van der Waals surface area contributed by atoms with Crippen molar-refractivity contribution in [2.45, 2.75) is 65.3 Å². The maximum atomic E-state index is 13.2. The Morgan fingerprint density at radius 1 is 1.19 bits per heavy atom.